The van der Waals surface area contributed by atoms with Gasteiger partial charge in [0.2, 0.25) is 0 Å². The summed E-state index contributed by atoms with van der Waals surface area (Å²) in [7, 11) is 0. The van der Waals surface area contributed by atoms with E-state index in [0.29, 0.717) is 18.8 Å². The lowest BCUT2D eigenvalue weighted by atomic mass is 10.1. The molecule has 0 fully saturated rings. The topological polar surface area (TPSA) is 29.5 Å². The third-order valence-electron chi connectivity index (χ3n) is 3.36. The van der Waals surface area contributed by atoms with E-state index in [1.807, 2.05) is 38.1 Å². The molecule has 0 unspecified atom stereocenters. The first-order valence-electron chi connectivity index (χ1n) is 6.76. The minimum Gasteiger partial charge on any atom is -0.489 e. The van der Waals surface area contributed by atoms with Gasteiger partial charge in [-0.15, -0.1) is 0 Å². The maximum absolute atomic E-state index is 13.2. The van der Waals surface area contributed by atoms with Crippen LogP contribution in [0, 0.1) is 12.7 Å². The van der Waals surface area contributed by atoms with Gasteiger partial charge in [-0.05, 0) is 54.3 Å². The van der Waals surface area contributed by atoms with Crippen molar-refractivity contribution in [3.8, 4) is 5.75 Å². The Morgan fingerprint density at radius 1 is 1.15 bits per heavy atom. The third-order valence-corrected chi connectivity index (χ3v) is 3.36. The Bertz CT molecular complexity index is 564. The first-order valence-corrected chi connectivity index (χ1v) is 6.76. The molecule has 0 spiro atoms. The van der Waals surface area contributed by atoms with Crippen molar-refractivity contribution in [1.82, 2.24) is 0 Å². The smallest absolute Gasteiger partial charge is 0.123 e. The molecule has 0 radical (unpaired) electrons. The van der Waals surface area contributed by atoms with Gasteiger partial charge in [0, 0.05) is 0 Å². The number of aliphatic hydroxyl groups excluding tert-OH is 1. The maximum atomic E-state index is 13.2. The van der Waals surface area contributed by atoms with Crippen LogP contribution in [-0.4, -0.2) is 5.11 Å². The van der Waals surface area contributed by atoms with Gasteiger partial charge >= 0.3 is 0 Å². The van der Waals surface area contributed by atoms with Crippen LogP contribution in [0.15, 0.2) is 42.5 Å². The number of hydrogen-bond donors (Lipinski definition) is 1. The van der Waals surface area contributed by atoms with Crippen molar-refractivity contribution >= 4 is 0 Å². The summed E-state index contributed by atoms with van der Waals surface area (Å²) in [6, 6.07) is 12.0. The summed E-state index contributed by atoms with van der Waals surface area (Å²) in [6.07, 6.45) is 0.248. The molecule has 2 nitrogen and oxygen atoms in total. The number of benzene rings is 2. The molecule has 0 aliphatic rings. The summed E-state index contributed by atoms with van der Waals surface area (Å²) >= 11 is 0. The Morgan fingerprint density at radius 3 is 2.50 bits per heavy atom. The average Bonchev–Trinajstić information content (AvgIpc) is 2.48. The highest BCUT2D eigenvalue weighted by Crippen LogP contribution is 2.21. The van der Waals surface area contributed by atoms with E-state index in [2.05, 4.69) is 0 Å². The zero-order valence-corrected chi connectivity index (χ0v) is 11.8. The third kappa shape index (κ3) is 3.58. The van der Waals surface area contributed by atoms with E-state index < -0.39 is 6.10 Å². The molecule has 0 bridgehead atoms. The number of aryl methyl sites for hydroxylation is 1. The van der Waals surface area contributed by atoms with Crippen LogP contribution >= 0.6 is 0 Å². The van der Waals surface area contributed by atoms with Crippen molar-refractivity contribution in [3.05, 3.63) is 65.0 Å². The van der Waals surface area contributed by atoms with Crippen molar-refractivity contribution in [2.24, 2.45) is 0 Å². The Balaban J connectivity index is 2.02. The van der Waals surface area contributed by atoms with Crippen LogP contribution < -0.4 is 4.74 Å². The van der Waals surface area contributed by atoms with E-state index in [9.17, 15) is 9.50 Å². The van der Waals surface area contributed by atoms with Gasteiger partial charge in [0.05, 0.1) is 6.10 Å². The Morgan fingerprint density at radius 2 is 1.85 bits per heavy atom. The van der Waals surface area contributed by atoms with Crippen LogP contribution in [-0.2, 0) is 6.61 Å². The Hall–Kier alpha value is -1.87. The Labute approximate surface area is 118 Å². The zero-order valence-electron chi connectivity index (χ0n) is 11.8. The normalized spacial score (nSPS) is 12.2. The van der Waals surface area contributed by atoms with Crippen LogP contribution in [0.1, 0.15) is 36.1 Å². The predicted molar refractivity (Wildman–Crippen MR) is 77.2 cm³/mol. The second kappa shape index (κ2) is 6.53. The van der Waals surface area contributed by atoms with E-state index in [1.165, 1.54) is 12.1 Å². The van der Waals surface area contributed by atoms with Gasteiger partial charge in [0.25, 0.3) is 0 Å². The summed E-state index contributed by atoms with van der Waals surface area (Å²) in [4.78, 5) is 0. The lowest BCUT2D eigenvalue weighted by Gasteiger charge is -2.11. The van der Waals surface area contributed by atoms with Crippen molar-refractivity contribution in [3.63, 3.8) is 0 Å². The highest BCUT2D eigenvalue weighted by atomic mass is 19.1. The molecule has 20 heavy (non-hydrogen) atoms. The molecule has 106 valence electrons. The van der Waals surface area contributed by atoms with Crippen molar-refractivity contribution in [1.29, 1.82) is 0 Å². The van der Waals surface area contributed by atoms with E-state index in [0.717, 1.165) is 16.7 Å². The van der Waals surface area contributed by atoms with Crippen LogP contribution in [0.25, 0.3) is 0 Å². The fourth-order valence-corrected chi connectivity index (χ4v) is 1.98. The van der Waals surface area contributed by atoms with E-state index in [4.69, 9.17) is 4.74 Å². The second-order valence-corrected chi connectivity index (χ2v) is 4.85. The van der Waals surface area contributed by atoms with Crippen molar-refractivity contribution in [2.45, 2.75) is 33.0 Å². The van der Waals surface area contributed by atoms with Gasteiger partial charge in [0.1, 0.15) is 18.2 Å². The van der Waals surface area contributed by atoms with Crippen molar-refractivity contribution < 1.29 is 14.2 Å². The molecule has 0 aliphatic heterocycles. The van der Waals surface area contributed by atoms with Crippen LogP contribution in [0.3, 0.4) is 0 Å². The summed E-state index contributed by atoms with van der Waals surface area (Å²) in [5.41, 5.74) is 2.72. The fraction of sp³-hybridized carbons (Fsp3) is 0.294. The molecule has 0 aliphatic carbocycles. The highest BCUT2D eigenvalue weighted by Gasteiger charge is 2.05. The monoisotopic (exact) mass is 274 g/mol. The van der Waals surface area contributed by atoms with Gasteiger partial charge < -0.3 is 9.84 Å². The van der Waals surface area contributed by atoms with E-state index >= 15 is 0 Å². The van der Waals surface area contributed by atoms with Gasteiger partial charge in [-0.1, -0.05) is 25.1 Å². The van der Waals surface area contributed by atoms with Crippen LogP contribution in [0.5, 0.6) is 5.75 Å². The Kier molecular flexibility index (Phi) is 4.74. The molecule has 1 N–H and O–H groups in total. The minimum atomic E-state index is -0.436. The van der Waals surface area contributed by atoms with Crippen LogP contribution in [0.4, 0.5) is 4.39 Å². The summed E-state index contributed by atoms with van der Waals surface area (Å²) < 4.78 is 18.8. The molecule has 0 saturated heterocycles. The lowest BCUT2D eigenvalue weighted by Crippen LogP contribution is -1.99. The first-order chi connectivity index (χ1) is 9.60. The summed E-state index contributed by atoms with van der Waals surface area (Å²) in [5.74, 6) is 0.455. The van der Waals surface area contributed by atoms with Gasteiger partial charge in [-0.25, -0.2) is 4.39 Å². The summed E-state index contributed by atoms with van der Waals surface area (Å²) in [5, 5.41) is 9.71. The zero-order chi connectivity index (χ0) is 14.5. The van der Waals surface area contributed by atoms with Gasteiger partial charge in [-0.3, -0.25) is 0 Å². The maximum Gasteiger partial charge on any atom is 0.123 e. The largest absolute Gasteiger partial charge is 0.489 e. The minimum absolute atomic E-state index is 0.254. The quantitative estimate of drug-likeness (QED) is 0.887. The van der Waals surface area contributed by atoms with Crippen molar-refractivity contribution in [2.75, 3.05) is 0 Å². The van der Waals surface area contributed by atoms with Crippen LogP contribution in [0.2, 0.25) is 0 Å². The summed E-state index contributed by atoms with van der Waals surface area (Å²) in [6.45, 7) is 4.19. The highest BCUT2D eigenvalue weighted by molar-refractivity contribution is 5.30. The molecule has 1 atom stereocenters. The molecule has 0 saturated carbocycles. The number of aliphatic hydroxyl groups is 1. The first kappa shape index (κ1) is 14.5. The molecular weight excluding hydrogens is 255 g/mol. The number of rotatable bonds is 5. The molecule has 0 heterocycles. The lowest BCUT2D eigenvalue weighted by molar-refractivity contribution is 0.173. The molecule has 2 rings (SSSR count). The number of hydrogen-bond acceptors (Lipinski definition) is 2. The number of halogens is 1. The second-order valence-electron chi connectivity index (χ2n) is 4.85. The van der Waals surface area contributed by atoms with Gasteiger partial charge in [-0.2, -0.15) is 0 Å². The molecule has 2 aromatic rings. The molecule has 3 heteroatoms. The fourth-order valence-electron chi connectivity index (χ4n) is 1.98. The molecule has 2 aromatic carbocycles. The van der Waals surface area contributed by atoms with E-state index in [-0.39, 0.29) is 5.82 Å². The van der Waals surface area contributed by atoms with E-state index in [1.54, 1.807) is 6.07 Å². The predicted octanol–water partition coefficient (Wildman–Crippen LogP) is 4.16. The molecule has 0 aromatic heterocycles. The SMILES string of the molecule is CC[C@@H](O)c1ccc(OCc2cc(F)ccc2C)cc1. The van der Waals surface area contributed by atoms with Gasteiger partial charge in [0.15, 0.2) is 0 Å². The molecular formula is C17H19FO2. The molecule has 0 amide bonds. The standard InChI is InChI=1S/C17H19FO2/c1-3-17(19)13-5-8-16(9-6-13)20-11-14-10-15(18)7-4-12(14)2/h4-10,17,19H,3,11H2,1-2H3/t17-/m1/s1. The number of ether oxygens (including phenoxy) is 1. The average molecular weight is 274 g/mol.